The van der Waals surface area contributed by atoms with Crippen molar-refractivity contribution in [2.24, 2.45) is 0 Å². The highest BCUT2D eigenvalue weighted by molar-refractivity contribution is 9.10. The van der Waals surface area contributed by atoms with Crippen LogP contribution >= 0.6 is 15.9 Å². The van der Waals surface area contributed by atoms with Gasteiger partial charge in [-0.15, -0.1) is 0 Å². The van der Waals surface area contributed by atoms with Crippen LogP contribution in [-0.2, 0) is 6.54 Å². The lowest BCUT2D eigenvalue weighted by atomic mass is 10.2. The van der Waals surface area contributed by atoms with Crippen LogP contribution in [0.1, 0.15) is 32.8 Å². The SMILES string of the molecule is CCCOc1ccc(CNCCN(CC)CC)cc1Br. The number of benzene rings is 1. The molecule has 0 atom stereocenters. The first-order chi connectivity index (χ1) is 9.71. The zero-order valence-corrected chi connectivity index (χ0v) is 14.5. The first kappa shape index (κ1) is 17.5. The van der Waals surface area contributed by atoms with Crippen molar-refractivity contribution in [3.8, 4) is 5.75 Å². The Morgan fingerprint density at radius 1 is 1.20 bits per heavy atom. The maximum Gasteiger partial charge on any atom is 0.133 e. The van der Waals surface area contributed by atoms with Gasteiger partial charge < -0.3 is 15.0 Å². The number of halogens is 1. The Labute approximate surface area is 131 Å². The van der Waals surface area contributed by atoms with Crippen LogP contribution in [0.25, 0.3) is 0 Å². The van der Waals surface area contributed by atoms with Crippen molar-refractivity contribution in [1.82, 2.24) is 10.2 Å². The molecule has 1 rings (SSSR count). The van der Waals surface area contributed by atoms with E-state index in [9.17, 15) is 0 Å². The van der Waals surface area contributed by atoms with Gasteiger partial charge in [-0.1, -0.05) is 26.8 Å². The largest absolute Gasteiger partial charge is 0.492 e. The summed E-state index contributed by atoms with van der Waals surface area (Å²) in [5, 5.41) is 3.49. The highest BCUT2D eigenvalue weighted by atomic mass is 79.9. The van der Waals surface area contributed by atoms with Crippen molar-refractivity contribution in [2.45, 2.75) is 33.7 Å². The molecule has 0 bridgehead atoms. The molecule has 0 heterocycles. The monoisotopic (exact) mass is 342 g/mol. The smallest absolute Gasteiger partial charge is 0.133 e. The summed E-state index contributed by atoms with van der Waals surface area (Å²) < 4.78 is 6.69. The van der Waals surface area contributed by atoms with Gasteiger partial charge in [-0.25, -0.2) is 0 Å². The maximum atomic E-state index is 5.65. The van der Waals surface area contributed by atoms with Crippen molar-refractivity contribution in [3.63, 3.8) is 0 Å². The van der Waals surface area contributed by atoms with E-state index < -0.39 is 0 Å². The Morgan fingerprint density at radius 3 is 2.55 bits per heavy atom. The fraction of sp³-hybridized carbons (Fsp3) is 0.625. The molecule has 0 radical (unpaired) electrons. The van der Waals surface area contributed by atoms with E-state index in [-0.39, 0.29) is 0 Å². The van der Waals surface area contributed by atoms with Crippen molar-refractivity contribution >= 4 is 15.9 Å². The Bertz CT molecular complexity index is 381. The average molecular weight is 343 g/mol. The van der Waals surface area contributed by atoms with Gasteiger partial charge in [0.05, 0.1) is 11.1 Å². The van der Waals surface area contributed by atoms with E-state index in [1.54, 1.807) is 0 Å². The van der Waals surface area contributed by atoms with Crippen LogP contribution in [0.5, 0.6) is 5.75 Å². The van der Waals surface area contributed by atoms with E-state index in [0.717, 1.165) is 56.0 Å². The number of hydrogen-bond acceptors (Lipinski definition) is 3. The van der Waals surface area contributed by atoms with Crippen LogP contribution in [-0.4, -0.2) is 37.7 Å². The number of hydrogen-bond donors (Lipinski definition) is 1. The molecule has 1 aromatic rings. The predicted octanol–water partition coefficient (Wildman–Crippen LogP) is 3.67. The molecule has 4 heteroatoms. The molecule has 1 aromatic carbocycles. The van der Waals surface area contributed by atoms with Gasteiger partial charge in [-0.2, -0.15) is 0 Å². The lowest BCUT2D eigenvalue weighted by Crippen LogP contribution is -2.31. The van der Waals surface area contributed by atoms with Gasteiger partial charge >= 0.3 is 0 Å². The second kappa shape index (κ2) is 10.2. The van der Waals surface area contributed by atoms with E-state index >= 15 is 0 Å². The summed E-state index contributed by atoms with van der Waals surface area (Å²) in [7, 11) is 0. The lowest BCUT2D eigenvalue weighted by molar-refractivity contribution is 0.302. The standard InChI is InChI=1S/C16H27BrN2O/c1-4-11-20-16-8-7-14(12-15(16)17)13-18-9-10-19(5-2)6-3/h7-8,12,18H,4-6,9-11,13H2,1-3H3. The summed E-state index contributed by atoms with van der Waals surface area (Å²) in [5.41, 5.74) is 1.28. The summed E-state index contributed by atoms with van der Waals surface area (Å²) in [6, 6.07) is 6.30. The first-order valence-electron chi connectivity index (χ1n) is 7.55. The number of nitrogens with one attached hydrogen (secondary N) is 1. The van der Waals surface area contributed by atoms with Crippen LogP contribution in [0.4, 0.5) is 0 Å². The highest BCUT2D eigenvalue weighted by Gasteiger charge is 2.03. The summed E-state index contributed by atoms with van der Waals surface area (Å²) in [6.45, 7) is 12.5. The number of rotatable bonds is 10. The third-order valence-corrected chi connectivity index (χ3v) is 3.91. The van der Waals surface area contributed by atoms with Gasteiger partial charge in [-0.3, -0.25) is 0 Å². The molecule has 0 aliphatic heterocycles. The third-order valence-electron chi connectivity index (χ3n) is 3.29. The normalized spacial score (nSPS) is 11.1. The minimum absolute atomic E-state index is 0.764. The zero-order valence-electron chi connectivity index (χ0n) is 12.9. The molecule has 0 fully saturated rings. The quantitative estimate of drug-likeness (QED) is 0.656. The molecule has 0 spiro atoms. The fourth-order valence-corrected chi connectivity index (χ4v) is 2.53. The number of likely N-dealkylation sites (N-methyl/N-ethyl adjacent to an activating group) is 1. The third kappa shape index (κ3) is 6.25. The van der Waals surface area contributed by atoms with Crippen LogP contribution in [0.15, 0.2) is 22.7 Å². The van der Waals surface area contributed by atoms with Crippen LogP contribution in [0.3, 0.4) is 0 Å². The summed E-state index contributed by atoms with van der Waals surface area (Å²) >= 11 is 3.57. The zero-order chi connectivity index (χ0) is 14.8. The molecule has 0 aliphatic carbocycles. The molecule has 0 aliphatic rings. The van der Waals surface area contributed by atoms with Crippen molar-refractivity contribution in [1.29, 1.82) is 0 Å². The minimum atomic E-state index is 0.764. The van der Waals surface area contributed by atoms with Crippen LogP contribution in [0, 0.1) is 0 Å². The van der Waals surface area contributed by atoms with Crippen LogP contribution in [0.2, 0.25) is 0 Å². The summed E-state index contributed by atoms with van der Waals surface area (Å²) in [5.74, 6) is 0.929. The number of nitrogens with zero attached hydrogens (tertiary/aromatic N) is 1. The van der Waals surface area contributed by atoms with E-state index in [4.69, 9.17) is 4.74 Å². The topological polar surface area (TPSA) is 24.5 Å². The second-order valence-electron chi connectivity index (χ2n) is 4.82. The van der Waals surface area contributed by atoms with Crippen LogP contribution < -0.4 is 10.1 Å². The van der Waals surface area contributed by atoms with E-state index in [1.807, 2.05) is 6.07 Å². The molecule has 3 nitrogen and oxygen atoms in total. The van der Waals surface area contributed by atoms with Gasteiger partial charge in [0.2, 0.25) is 0 Å². The molecule has 0 saturated carbocycles. The predicted molar refractivity (Wildman–Crippen MR) is 89.4 cm³/mol. The van der Waals surface area contributed by atoms with E-state index in [2.05, 4.69) is 59.1 Å². The van der Waals surface area contributed by atoms with Gasteiger partial charge in [0.1, 0.15) is 5.75 Å². The lowest BCUT2D eigenvalue weighted by Gasteiger charge is -2.18. The van der Waals surface area contributed by atoms with E-state index in [0.29, 0.717) is 0 Å². The van der Waals surface area contributed by atoms with Gasteiger partial charge in [0.15, 0.2) is 0 Å². The van der Waals surface area contributed by atoms with Gasteiger partial charge in [0, 0.05) is 19.6 Å². The molecule has 0 saturated heterocycles. The molecule has 0 unspecified atom stereocenters. The first-order valence-corrected chi connectivity index (χ1v) is 8.34. The maximum absolute atomic E-state index is 5.65. The molecular formula is C16H27BrN2O. The van der Waals surface area contributed by atoms with Crippen molar-refractivity contribution in [3.05, 3.63) is 28.2 Å². The average Bonchev–Trinajstić information content (AvgIpc) is 2.46. The molecule has 0 aromatic heterocycles. The molecule has 20 heavy (non-hydrogen) atoms. The minimum Gasteiger partial charge on any atom is -0.492 e. The van der Waals surface area contributed by atoms with E-state index in [1.165, 1.54) is 5.56 Å². The Balaban J connectivity index is 2.35. The fourth-order valence-electron chi connectivity index (χ4n) is 1.99. The van der Waals surface area contributed by atoms with Crippen molar-refractivity contribution < 1.29 is 4.74 Å². The summed E-state index contributed by atoms with van der Waals surface area (Å²) in [4.78, 5) is 2.42. The molecule has 0 amide bonds. The Hall–Kier alpha value is -0.580. The van der Waals surface area contributed by atoms with Crippen molar-refractivity contribution in [2.75, 3.05) is 32.8 Å². The Kier molecular flexibility index (Phi) is 8.90. The molecular weight excluding hydrogens is 316 g/mol. The Morgan fingerprint density at radius 2 is 1.95 bits per heavy atom. The second-order valence-corrected chi connectivity index (χ2v) is 5.67. The number of ether oxygens (including phenoxy) is 1. The summed E-state index contributed by atoms with van der Waals surface area (Å²) in [6.07, 6.45) is 1.03. The molecule has 114 valence electrons. The van der Waals surface area contributed by atoms with Gasteiger partial charge in [0.25, 0.3) is 0 Å². The highest BCUT2D eigenvalue weighted by Crippen LogP contribution is 2.26. The molecule has 1 N–H and O–H groups in total. The van der Waals surface area contributed by atoms with Gasteiger partial charge in [-0.05, 0) is 53.1 Å².